The number of halogens is 2. The van der Waals surface area contributed by atoms with E-state index >= 15 is 0 Å². The van der Waals surface area contributed by atoms with Gasteiger partial charge in [-0.3, -0.25) is 0 Å². The second kappa shape index (κ2) is 5.35. The molecule has 5 nitrogen and oxygen atoms in total. The molecule has 0 fully saturated rings. The zero-order valence-electron chi connectivity index (χ0n) is 10.4. The minimum Gasteiger partial charge on any atom is -0.464 e. The van der Waals surface area contributed by atoms with Gasteiger partial charge in [-0.1, -0.05) is 0 Å². The molecule has 0 amide bonds. The van der Waals surface area contributed by atoms with Gasteiger partial charge in [-0.25, -0.2) is 9.18 Å². The molecule has 0 saturated carbocycles. The van der Waals surface area contributed by atoms with Gasteiger partial charge in [0.15, 0.2) is 5.69 Å². The van der Waals surface area contributed by atoms with Gasteiger partial charge in [0.1, 0.15) is 11.9 Å². The number of ether oxygens (including phenoxy) is 1. The van der Waals surface area contributed by atoms with Gasteiger partial charge in [-0.05, 0) is 34.1 Å². The number of nitrogens with zero attached hydrogens (tertiary/aromatic N) is 2. The highest BCUT2D eigenvalue weighted by atomic mass is 79.9. The Hall–Kier alpha value is -2.33. The van der Waals surface area contributed by atoms with E-state index in [4.69, 9.17) is 11.0 Å². The zero-order chi connectivity index (χ0) is 14.9. The molecule has 0 radical (unpaired) electrons. The number of rotatable bonds is 2. The fourth-order valence-corrected chi connectivity index (χ4v) is 2.12. The Morgan fingerprint density at radius 3 is 2.80 bits per heavy atom. The molecule has 0 aliphatic carbocycles. The molecule has 1 aromatic heterocycles. The van der Waals surface area contributed by atoms with E-state index in [0.29, 0.717) is 5.69 Å². The van der Waals surface area contributed by atoms with Gasteiger partial charge in [-0.2, -0.15) is 5.26 Å². The number of hydrogen-bond donors (Lipinski definition) is 1. The lowest BCUT2D eigenvalue weighted by Gasteiger charge is -2.09. The smallest absolute Gasteiger partial charge is 0.357 e. The lowest BCUT2D eigenvalue weighted by molar-refractivity contribution is 0.0593. The molecule has 2 aromatic rings. The Morgan fingerprint density at radius 2 is 2.25 bits per heavy atom. The van der Waals surface area contributed by atoms with Crippen LogP contribution in [0.4, 0.5) is 10.1 Å². The number of nitrogens with two attached hydrogens (primary N) is 1. The van der Waals surface area contributed by atoms with Crippen molar-refractivity contribution in [3.8, 4) is 11.8 Å². The van der Waals surface area contributed by atoms with Gasteiger partial charge >= 0.3 is 5.97 Å². The number of hydrogen-bond acceptors (Lipinski definition) is 4. The Balaban J connectivity index is 2.70. The molecule has 20 heavy (non-hydrogen) atoms. The van der Waals surface area contributed by atoms with E-state index in [9.17, 15) is 9.18 Å². The minimum atomic E-state index is -0.676. The summed E-state index contributed by atoms with van der Waals surface area (Å²) < 4.78 is 19.5. The molecule has 1 heterocycles. The molecule has 0 aliphatic rings. The molecule has 0 saturated heterocycles. The maximum atomic E-state index is 13.3. The molecular weight excluding hydrogens is 329 g/mol. The number of benzene rings is 1. The quantitative estimate of drug-likeness (QED) is 0.854. The van der Waals surface area contributed by atoms with E-state index in [1.807, 2.05) is 6.07 Å². The number of esters is 1. The summed E-state index contributed by atoms with van der Waals surface area (Å²) in [6.45, 7) is 0. The average molecular weight is 338 g/mol. The third-order valence-corrected chi connectivity index (χ3v) is 3.33. The summed E-state index contributed by atoms with van der Waals surface area (Å²) in [6.07, 6.45) is 1.40. The van der Waals surface area contributed by atoms with Gasteiger partial charge in [0, 0.05) is 11.9 Å². The molecule has 0 aliphatic heterocycles. The maximum Gasteiger partial charge on any atom is 0.357 e. The van der Waals surface area contributed by atoms with Crippen LogP contribution in [-0.4, -0.2) is 17.6 Å². The Kier molecular flexibility index (Phi) is 3.77. The van der Waals surface area contributed by atoms with E-state index in [0.717, 1.165) is 0 Å². The van der Waals surface area contributed by atoms with Crippen LogP contribution < -0.4 is 5.73 Å². The highest BCUT2D eigenvalue weighted by Crippen LogP contribution is 2.27. The lowest BCUT2D eigenvalue weighted by atomic mass is 10.2. The summed E-state index contributed by atoms with van der Waals surface area (Å²) in [6, 6.07) is 6.07. The Morgan fingerprint density at radius 1 is 1.55 bits per heavy atom. The zero-order valence-corrected chi connectivity index (χ0v) is 11.9. The fraction of sp³-hybridized carbons (Fsp3) is 0.0769. The Bertz CT molecular complexity index is 734. The van der Waals surface area contributed by atoms with Gasteiger partial charge in [-0.15, -0.1) is 0 Å². The summed E-state index contributed by atoms with van der Waals surface area (Å²) >= 11 is 3.06. The maximum absolute atomic E-state index is 13.3. The molecule has 1 aromatic carbocycles. The number of aromatic nitrogens is 1. The van der Waals surface area contributed by atoms with E-state index in [2.05, 4.69) is 20.7 Å². The minimum absolute atomic E-state index is 0.0276. The van der Waals surface area contributed by atoms with Crippen molar-refractivity contribution >= 4 is 27.6 Å². The third kappa shape index (κ3) is 2.26. The summed E-state index contributed by atoms with van der Waals surface area (Å²) in [4.78, 5) is 11.8. The van der Waals surface area contributed by atoms with Crippen LogP contribution in [0, 0.1) is 17.1 Å². The van der Waals surface area contributed by atoms with Crippen molar-refractivity contribution in [2.75, 3.05) is 12.8 Å². The predicted molar refractivity (Wildman–Crippen MR) is 73.9 cm³/mol. The van der Waals surface area contributed by atoms with Crippen LogP contribution in [0.2, 0.25) is 0 Å². The van der Waals surface area contributed by atoms with Crippen molar-refractivity contribution in [3.63, 3.8) is 0 Å². The molecule has 2 N–H and O–H groups in total. The average Bonchev–Trinajstić information content (AvgIpc) is 2.78. The van der Waals surface area contributed by atoms with Crippen LogP contribution in [0.3, 0.4) is 0 Å². The first-order valence-electron chi connectivity index (χ1n) is 5.44. The highest BCUT2D eigenvalue weighted by Gasteiger charge is 2.21. The van der Waals surface area contributed by atoms with E-state index < -0.39 is 11.8 Å². The molecule has 2 rings (SSSR count). The number of carbonyl (C=O) groups excluding carboxylic acids is 1. The largest absolute Gasteiger partial charge is 0.464 e. The number of carbonyl (C=O) groups is 1. The van der Waals surface area contributed by atoms with Crippen molar-refractivity contribution in [1.82, 2.24) is 4.57 Å². The van der Waals surface area contributed by atoms with Gasteiger partial charge < -0.3 is 15.0 Å². The normalized spacial score (nSPS) is 10.1. The van der Waals surface area contributed by atoms with Crippen LogP contribution in [0.25, 0.3) is 5.69 Å². The number of nitrogen functional groups attached to an aromatic ring is 1. The molecular formula is C13H9BrFN3O2. The molecule has 0 unspecified atom stereocenters. The van der Waals surface area contributed by atoms with E-state index in [1.54, 1.807) is 0 Å². The molecule has 0 bridgehead atoms. The second-order valence-electron chi connectivity index (χ2n) is 3.88. The standard InChI is InChI=1S/C13H9BrFN3O2/c1-20-13(19)12-11(17)7(5-16)6-18(12)8-2-3-10(15)9(14)4-8/h2-4,6H,17H2,1H3. The fourth-order valence-electron chi connectivity index (χ4n) is 1.75. The van der Waals surface area contributed by atoms with Crippen molar-refractivity contribution in [2.24, 2.45) is 0 Å². The number of anilines is 1. The molecule has 0 atom stereocenters. The summed E-state index contributed by atoms with van der Waals surface area (Å²) in [5.74, 6) is -1.11. The van der Waals surface area contributed by atoms with Gasteiger partial charge in [0.2, 0.25) is 0 Å². The highest BCUT2D eigenvalue weighted by molar-refractivity contribution is 9.10. The first-order valence-corrected chi connectivity index (χ1v) is 6.23. The van der Waals surface area contributed by atoms with Crippen LogP contribution in [-0.2, 0) is 4.74 Å². The van der Waals surface area contributed by atoms with Crippen molar-refractivity contribution in [3.05, 3.63) is 45.9 Å². The van der Waals surface area contributed by atoms with Crippen LogP contribution >= 0.6 is 15.9 Å². The summed E-state index contributed by atoms with van der Waals surface area (Å²) in [7, 11) is 1.21. The molecule has 102 valence electrons. The van der Waals surface area contributed by atoms with Crippen LogP contribution in [0.5, 0.6) is 0 Å². The number of nitriles is 1. The third-order valence-electron chi connectivity index (χ3n) is 2.72. The van der Waals surface area contributed by atoms with Crippen molar-refractivity contribution < 1.29 is 13.9 Å². The van der Waals surface area contributed by atoms with Crippen LogP contribution in [0.15, 0.2) is 28.9 Å². The second-order valence-corrected chi connectivity index (χ2v) is 4.73. The van der Waals surface area contributed by atoms with Crippen molar-refractivity contribution in [1.29, 1.82) is 5.26 Å². The SMILES string of the molecule is COC(=O)c1c(N)c(C#N)cn1-c1ccc(F)c(Br)c1. The summed E-state index contributed by atoms with van der Waals surface area (Å²) in [5, 5.41) is 8.99. The molecule has 0 spiro atoms. The molecule has 7 heteroatoms. The first kappa shape index (κ1) is 14.1. The Labute approximate surface area is 122 Å². The van der Waals surface area contributed by atoms with E-state index in [1.165, 1.54) is 36.1 Å². The predicted octanol–water partition coefficient (Wildman–Crippen LogP) is 2.62. The summed E-state index contributed by atoms with van der Waals surface area (Å²) in [5.41, 5.74) is 6.45. The monoisotopic (exact) mass is 337 g/mol. The van der Waals surface area contributed by atoms with Gasteiger partial charge in [0.05, 0.1) is 22.8 Å². The van der Waals surface area contributed by atoms with E-state index in [-0.39, 0.29) is 21.4 Å². The first-order chi connectivity index (χ1) is 9.49. The topological polar surface area (TPSA) is 81.0 Å². The number of methoxy groups -OCH3 is 1. The van der Waals surface area contributed by atoms with Crippen molar-refractivity contribution in [2.45, 2.75) is 0 Å². The van der Waals surface area contributed by atoms with Gasteiger partial charge in [0.25, 0.3) is 0 Å². The van der Waals surface area contributed by atoms with Crippen LogP contribution in [0.1, 0.15) is 16.1 Å². The lowest BCUT2D eigenvalue weighted by Crippen LogP contribution is -2.11.